The number of rotatable bonds is 5. The zero-order valence-electron chi connectivity index (χ0n) is 13.2. The van der Waals surface area contributed by atoms with Crippen LogP contribution in [-0.4, -0.2) is 44.0 Å². The van der Waals surface area contributed by atoms with E-state index in [4.69, 9.17) is 5.73 Å². The molecule has 0 radical (unpaired) electrons. The Morgan fingerprint density at radius 2 is 2.14 bits per heavy atom. The molecule has 21 heavy (non-hydrogen) atoms. The van der Waals surface area contributed by atoms with Crippen LogP contribution < -0.4 is 5.73 Å². The Morgan fingerprint density at radius 3 is 2.71 bits per heavy atom. The van der Waals surface area contributed by atoms with Crippen LogP contribution in [0.3, 0.4) is 0 Å². The Labute approximate surface area is 128 Å². The molecule has 2 atom stereocenters. The number of benzene rings is 1. The summed E-state index contributed by atoms with van der Waals surface area (Å²) in [6.45, 7) is 3.18. The molecule has 0 aromatic heterocycles. The van der Waals surface area contributed by atoms with E-state index in [1.807, 2.05) is 13.1 Å². The van der Waals surface area contributed by atoms with E-state index in [2.05, 4.69) is 30.0 Å². The predicted octanol–water partition coefficient (Wildman–Crippen LogP) is 1.72. The predicted molar refractivity (Wildman–Crippen MR) is 86.9 cm³/mol. The maximum absolute atomic E-state index is 12.1. The third kappa shape index (κ3) is 3.30. The molecule has 1 aliphatic carbocycles. The Kier molecular flexibility index (Phi) is 4.76. The van der Waals surface area contributed by atoms with Crippen molar-refractivity contribution in [3.05, 3.63) is 35.4 Å². The van der Waals surface area contributed by atoms with Crippen molar-refractivity contribution in [1.29, 1.82) is 0 Å². The highest BCUT2D eigenvalue weighted by Gasteiger charge is 2.49. The van der Waals surface area contributed by atoms with Crippen LogP contribution in [0, 0.1) is 6.92 Å². The third-order valence-corrected chi connectivity index (χ3v) is 6.52. The first-order chi connectivity index (χ1) is 9.79. The summed E-state index contributed by atoms with van der Waals surface area (Å²) in [5.74, 6) is 0. The van der Waals surface area contributed by atoms with Crippen molar-refractivity contribution in [1.82, 2.24) is 4.90 Å². The van der Waals surface area contributed by atoms with Crippen molar-refractivity contribution in [2.24, 2.45) is 5.73 Å². The van der Waals surface area contributed by atoms with Gasteiger partial charge in [-0.25, -0.2) is 8.42 Å². The van der Waals surface area contributed by atoms with Gasteiger partial charge in [0.05, 0.1) is 5.25 Å². The second-order valence-corrected chi connectivity index (χ2v) is 8.59. The summed E-state index contributed by atoms with van der Waals surface area (Å²) in [6.07, 6.45) is 3.83. The highest BCUT2D eigenvalue weighted by molar-refractivity contribution is 7.91. The topological polar surface area (TPSA) is 63.4 Å². The lowest BCUT2D eigenvalue weighted by Gasteiger charge is -2.42. The van der Waals surface area contributed by atoms with Crippen LogP contribution in [0.4, 0.5) is 0 Å². The first-order valence-corrected chi connectivity index (χ1v) is 9.41. The van der Waals surface area contributed by atoms with Gasteiger partial charge in [0.2, 0.25) is 0 Å². The number of likely N-dealkylation sites (N-methyl/N-ethyl adjacent to an activating group) is 1. The van der Waals surface area contributed by atoms with Crippen molar-refractivity contribution in [3.8, 4) is 0 Å². The molecule has 118 valence electrons. The molecule has 2 N–H and O–H groups in total. The van der Waals surface area contributed by atoms with Gasteiger partial charge in [0, 0.05) is 24.9 Å². The van der Waals surface area contributed by atoms with Crippen molar-refractivity contribution in [2.45, 2.75) is 43.5 Å². The first-order valence-electron chi connectivity index (χ1n) is 7.45. The normalized spacial score (nSPS) is 26.4. The summed E-state index contributed by atoms with van der Waals surface area (Å²) in [7, 11) is -1.09. The number of nitrogens with zero attached hydrogens (tertiary/aromatic N) is 1. The lowest BCUT2D eigenvalue weighted by molar-refractivity contribution is 0.126. The molecular formula is C16H26N2O2S. The summed E-state index contributed by atoms with van der Waals surface area (Å²) in [5, 5.41) is -0.357. The fourth-order valence-corrected chi connectivity index (χ4v) is 5.49. The van der Waals surface area contributed by atoms with Crippen molar-refractivity contribution >= 4 is 9.84 Å². The maximum Gasteiger partial charge on any atom is 0.152 e. The molecule has 5 heteroatoms. The minimum absolute atomic E-state index is 0.357. The number of aryl methyl sites for hydroxylation is 1. The molecular weight excluding hydrogens is 284 g/mol. The van der Waals surface area contributed by atoms with E-state index >= 15 is 0 Å². The van der Waals surface area contributed by atoms with E-state index in [1.165, 1.54) is 17.4 Å². The number of hydrogen-bond donors (Lipinski definition) is 1. The van der Waals surface area contributed by atoms with Gasteiger partial charge in [0.1, 0.15) is 0 Å². The van der Waals surface area contributed by atoms with E-state index in [0.717, 1.165) is 19.4 Å². The minimum Gasteiger partial charge on any atom is -0.329 e. The Balaban J connectivity index is 2.27. The third-order valence-electron chi connectivity index (χ3n) is 4.81. The zero-order valence-corrected chi connectivity index (χ0v) is 14.0. The Morgan fingerprint density at radius 1 is 1.43 bits per heavy atom. The van der Waals surface area contributed by atoms with Crippen LogP contribution in [0.2, 0.25) is 0 Å². The van der Waals surface area contributed by atoms with Crippen molar-refractivity contribution in [3.63, 3.8) is 0 Å². The quantitative estimate of drug-likeness (QED) is 0.899. The van der Waals surface area contributed by atoms with E-state index in [-0.39, 0.29) is 5.25 Å². The van der Waals surface area contributed by atoms with Crippen molar-refractivity contribution < 1.29 is 8.42 Å². The summed E-state index contributed by atoms with van der Waals surface area (Å²) in [6, 6.07) is 8.33. The average Bonchev–Trinajstić information content (AvgIpc) is 2.83. The molecule has 0 heterocycles. The fourth-order valence-electron chi connectivity index (χ4n) is 3.70. The van der Waals surface area contributed by atoms with Crippen LogP contribution in [0.1, 0.15) is 30.4 Å². The van der Waals surface area contributed by atoms with E-state index in [1.54, 1.807) is 0 Å². The van der Waals surface area contributed by atoms with Gasteiger partial charge in [-0.2, -0.15) is 0 Å². The van der Waals surface area contributed by atoms with E-state index in [9.17, 15) is 8.42 Å². The average molecular weight is 310 g/mol. The van der Waals surface area contributed by atoms with Crippen LogP contribution in [0.5, 0.6) is 0 Å². The second kappa shape index (κ2) is 6.07. The number of nitrogens with two attached hydrogens (primary N) is 1. The molecule has 1 aromatic carbocycles. The van der Waals surface area contributed by atoms with Crippen LogP contribution in [0.25, 0.3) is 0 Å². The molecule has 0 amide bonds. The van der Waals surface area contributed by atoms with Gasteiger partial charge in [0.25, 0.3) is 0 Å². The molecule has 0 bridgehead atoms. The standard InChI is InChI=1S/C16H26N2O2S/c1-13-6-4-7-14(10-13)11-18(2)16(12-17)9-5-8-15(16)21(3,19)20/h4,6-7,10,15H,5,8-9,11-12,17H2,1-3H3. The van der Waals surface area contributed by atoms with Gasteiger partial charge in [-0.3, -0.25) is 4.90 Å². The van der Waals surface area contributed by atoms with Gasteiger partial charge < -0.3 is 5.73 Å². The largest absolute Gasteiger partial charge is 0.329 e. The first kappa shape index (κ1) is 16.5. The maximum atomic E-state index is 12.1. The minimum atomic E-state index is -3.09. The van der Waals surface area contributed by atoms with Crippen LogP contribution >= 0.6 is 0 Å². The molecule has 1 fully saturated rings. The summed E-state index contributed by atoms with van der Waals surface area (Å²) >= 11 is 0. The monoisotopic (exact) mass is 310 g/mol. The summed E-state index contributed by atoms with van der Waals surface area (Å²) in [4.78, 5) is 2.15. The SMILES string of the molecule is Cc1cccc(CN(C)C2(CN)CCCC2S(C)(=O)=O)c1. The molecule has 1 saturated carbocycles. The smallest absolute Gasteiger partial charge is 0.152 e. The lowest BCUT2D eigenvalue weighted by atomic mass is 9.94. The molecule has 0 saturated heterocycles. The molecule has 2 rings (SSSR count). The molecule has 1 aromatic rings. The Hall–Kier alpha value is -0.910. The van der Waals surface area contributed by atoms with Gasteiger partial charge in [0.15, 0.2) is 9.84 Å². The molecule has 0 aliphatic heterocycles. The Bertz CT molecular complexity index is 600. The van der Waals surface area contributed by atoms with E-state index in [0.29, 0.717) is 13.0 Å². The van der Waals surface area contributed by atoms with Crippen LogP contribution in [-0.2, 0) is 16.4 Å². The second-order valence-electron chi connectivity index (χ2n) is 6.36. The summed E-state index contributed by atoms with van der Waals surface area (Å²) in [5.41, 5.74) is 8.02. The fraction of sp³-hybridized carbons (Fsp3) is 0.625. The number of sulfone groups is 1. The van der Waals surface area contributed by atoms with E-state index < -0.39 is 15.4 Å². The number of hydrogen-bond acceptors (Lipinski definition) is 4. The summed E-state index contributed by atoms with van der Waals surface area (Å²) < 4.78 is 24.3. The van der Waals surface area contributed by atoms with Gasteiger partial charge >= 0.3 is 0 Å². The highest BCUT2D eigenvalue weighted by Crippen LogP contribution is 2.38. The van der Waals surface area contributed by atoms with Crippen molar-refractivity contribution in [2.75, 3.05) is 19.8 Å². The van der Waals surface area contributed by atoms with Gasteiger partial charge in [-0.05, 0) is 32.4 Å². The molecule has 2 unspecified atom stereocenters. The highest BCUT2D eigenvalue weighted by atomic mass is 32.2. The zero-order chi connectivity index (χ0) is 15.7. The molecule has 4 nitrogen and oxygen atoms in total. The van der Waals surface area contributed by atoms with Gasteiger partial charge in [-0.1, -0.05) is 36.2 Å². The van der Waals surface area contributed by atoms with Crippen LogP contribution in [0.15, 0.2) is 24.3 Å². The molecule has 1 aliphatic rings. The molecule has 0 spiro atoms. The van der Waals surface area contributed by atoms with Gasteiger partial charge in [-0.15, -0.1) is 0 Å². The lowest BCUT2D eigenvalue weighted by Crippen LogP contribution is -2.58.